The van der Waals surface area contributed by atoms with E-state index in [0.29, 0.717) is 18.7 Å². The van der Waals surface area contributed by atoms with Gasteiger partial charge in [0.1, 0.15) is 0 Å². The zero-order chi connectivity index (χ0) is 15.3. The van der Waals surface area contributed by atoms with Crippen LogP contribution in [-0.2, 0) is 16.6 Å². The molecule has 4 nitrogen and oxygen atoms in total. The van der Waals surface area contributed by atoms with Crippen LogP contribution in [0.2, 0.25) is 0 Å². The van der Waals surface area contributed by atoms with Crippen LogP contribution in [0.25, 0.3) is 0 Å². The number of benzene rings is 2. The summed E-state index contributed by atoms with van der Waals surface area (Å²) in [7, 11) is -3.60. The summed E-state index contributed by atoms with van der Waals surface area (Å²) in [6, 6.07) is 17.5. The van der Waals surface area contributed by atoms with Gasteiger partial charge >= 0.3 is 0 Å². The minimum absolute atomic E-state index is 0.152. The molecule has 0 bridgehead atoms. The number of rotatable bonds is 5. The Kier molecular flexibility index (Phi) is 4.73. The first-order chi connectivity index (χ1) is 10.1. The van der Waals surface area contributed by atoms with Crippen molar-refractivity contribution in [3.63, 3.8) is 0 Å². The molecule has 0 unspecified atom stereocenters. The SMILES string of the molecule is CCN(Cc1ccccc1)S(=O)(=O)c1cccc(C#N)c1. The summed E-state index contributed by atoms with van der Waals surface area (Å²) < 4.78 is 26.7. The number of sulfonamides is 1. The van der Waals surface area contributed by atoms with Gasteiger partial charge in [-0.2, -0.15) is 9.57 Å². The summed E-state index contributed by atoms with van der Waals surface area (Å²) in [5.74, 6) is 0. The van der Waals surface area contributed by atoms with Gasteiger partial charge in [-0.15, -0.1) is 0 Å². The van der Waals surface area contributed by atoms with Gasteiger partial charge in [0.15, 0.2) is 0 Å². The second-order valence-electron chi connectivity index (χ2n) is 4.56. The van der Waals surface area contributed by atoms with Crippen LogP contribution in [0.1, 0.15) is 18.1 Å². The van der Waals surface area contributed by atoms with E-state index in [1.165, 1.54) is 16.4 Å². The molecule has 0 heterocycles. The Morgan fingerprint density at radius 3 is 2.43 bits per heavy atom. The molecule has 5 heteroatoms. The van der Waals surface area contributed by atoms with E-state index in [4.69, 9.17) is 5.26 Å². The fraction of sp³-hybridized carbons (Fsp3) is 0.188. The Balaban J connectivity index is 2.33. The zero-order valence-electron chi connectivity index (χ0n) is 11.7. The van der Waals surface area contributed by atoms with Gasteiger partial charge in [-0.25, -0.2) is 8.42 Å². The molecule has 0 fully saturated rings. The van der Waals surface area contributed by atoms with Crippen molar-refractivity contribution in [3.05, 3.63) is 65.7 Å². The van der Waals surface area contributed by atoms with Gasteiger partial charge in [-0.05, 0) is 23.8 Å². The molecule has 0 saturated carbocycles. The van der Waals surface area contributed by atoms with E-state index in [1.54, 1.807) is 19.1 Å². The lowest BCUT2D eigenvalue weighted by molar-refractivity contribution is 0.423. The largest absolute Gasteiger partial charge is 0.243 e. The third kappa shape index (κ3) is 3.48. The third-order valence-corrected chi connectivity index (χ3v) is 5.07. The van der Waals surface area contributed by atoms with Crippen LogP contribution < -0.4 is 0 Å². The van der Waals surface area contributed by atoms with E-state index >= 15 is 0 Å². The number of nitriles is 1. The van der Waals surface area contributed by atoms with Gasteiger partial charge < -0.3 is 0 Å². The van der Waals surface area contributed by atoms with Crippen molar-refractivity contribution < 1.29 is 8.42 Å². The van der Waals surface area contributed by atoms with Gasteiger partial charge in [-0.3, -0.25) is 0 Å². The lowest BCUT2D eigenvalue weighted by atomic mass is 10.2. The van der Waals surface area contributed by atoms with Crippen LogP contribution in [0.4, 0.5) is 0 Å². The minimum Gasteiger partial charge on any atom is -0.207 e. The van der Waals surface area contributed by atoms with Crippen LogP contribution in [0.5, 0.6) is 0 Å². The van der Waals surface area contributed by atoms with Crippen molar-refractivity contribution in [2.45, 2.75) is 18.4 Å². The van der Waals surface area contributed by atoms with Crippen molar-refractivity contribution in [1.29, 1.82) is 5.26 Å². The first-order valence-electron chi connectivity index (χ1n) is 6.62. The van der Waals surface area contributed by atoms with Gasteiger partial charge in [-0.1, -0.05) is 43.3 Å². The molecule has 108 valence electrons. The molecule has 2 aromatic rings. The quantitative estimate of drug-likeness (QED) is 0.853. The molecule has 0 atom stereocenters. The normalized spacial score (nSPS) is 11.3. The van der Waals surface area contributed by atoms with E-state index in [2.05, 4.69) is 0 Å². The maximum atomic E-state index is 12.7. The summed E-state index contributed by atoms with van der Waals surface area (Å²) in [4.78, 5) is 0.152. The Bertz CT molecular complexity index is 749. The Labute approximate surface area is 125 Å². The highest BCUT2D eigenvalue weighted by Crippen LogP contribution is 2.19. The smallest absolute Gasteiger partial charge is 0.207 e. The summed E-state index contributed by atoms with van der Waals surface area (Å²) >= 11 is 0. The first-order valence-corrected chi connectivity index (χ1v) is 8.06. The average Bonchev–Trinajstić information content (AvgIpc) is 2.53. The highest BCUT2D eigenvalue weighted by Gasteiger charge is 2.23. The van der Waals surface area contributed by atoms with Crippen LogP contribution in [-0.4, -0.2) is 19.3 Å². The number of hydrogen-bond donors (Lipinski definition) is 0. The predicted octanol–water partition coefficient (Wildman–Crippen LogP) is 2.77. The highest BCUT2D eigenvalue weighted by atomic mass is 32.2. The maximum Gasteiger partial charge on any atom is 0.243 e. The number of hydrogen-bond acceptors (Lipinski definition) is 3. The van der Waals surface area contributed by atoms with Crippen LogP contribution in [0, 0.1) is 11.3 Å². The molecule has 0 aliphatic heterocycles. The van der Waals surface area contributed by atoms with E-state index in [1.807, 2.05) is 36.4 Å². The molecule has 21 heavy (non-hydrogen) atoms. The molecule has 0 amide bonds. The summed E-state index contributed by atoms with van der Waals surface area (Å²) in [5.41, 5.74) is 1.27. The van der Waals surface area contributed by atoms with Crippen LogP contribution >= 0.6 is 0 Å². The third-order valence-electron chi connectivity index (χ3n) is 3.16. The maximum absolute atomic E-state index is 12.7. The van der Waals surface area contributed by atoms with Crippen molar-refractivity contribution >= 4 is 10.0 Å². The molecule has 0 saturated heterocycles. The van der Waals surface area contributed by atoms with Gasteiger partial charge in [0.25, 0.3) is 0 Å². The molecule has 0 aliphatic carbocycles. The van der Waals surface area contributed by atoms with E-state index in [9.17, 15) is 8.42 Å². The standard InChI is InChI=1S/C16H16N2O2S/c1-2-18(13-14-7-4-3-5-8-14)21(19,20)16-10-6-9-15(11-16)12-17/h3-11H,2,13H2,1H3. The minimum atomic E-state index is -3.60. The molecule has 0 N–H and O–H groups in total. The van der Waals surface area contributed by atoms with Crippen molar-refractivity contribution in [2.24, 2.45) is 0 Å². The highest BCUT2D eigenvalue weighted by molar-refractivity contribution is 7.89. The van der Waals surface area contributed by atoms with E-state index in [-0.39, 0.29) is 4.90 Å². The van der Waals surface area contributed by atoms with Crippen LogP contribution in [0.3, 0.4) is 0 Å². The van der Waals surface area contributed by atoms with E-state index in [0.717, 1.165) is 5.56 Å². The summed E-state index contributed by atoms with van der Waals surface area (Å²) in [6.07, 6.45) is 0. The average molecular weight is 300 g/mol. The fourth-order valence-corrected chi connectivity index (χ4v) is 3.51. The first kappa shape index (κ1) is 15.2. The second-order valence-corrected chi connectivity index (χ2v) is 6.49. The molecule has 2 aromatic carbocycles. The predicted molar refractivity (Wildman–Crippen MR) is 80.9 cm³/mol. The van der Waals surface area contributed by atoms with E-state index < -0.39 is 10.0 Å². The second kappa shape index (κ2) is 6.53. The van der Waals surface area contributed by atoms with Gasteiger partial charge in [0, 0.05) is 13.1 Å². The van der Waals surface area contributed by atoms with Crippen molar-refractivity contribution in [1.82, 2.24) is 4.31 Å². The lowest BCUT2D eigenvalue weighted by Gasteiger charge is -2.20. The van der Waals surface area contributed by atoms with Gasteiger partial charge in [0.2, 0.25) is 10.0 Å². The Morgan fingerprint density at radius 2 is 1.81 bits per heavy atom. The molecule has 0 radical (unpaired) electrons. The molecule has 0 aromatic heterocycles. The monoisotopic (exact) mass is 300 g/mol. The van der Waals surface area contributed by atoms with Crippen molar-refractivity contribution in [3.8, 4) is 6.07 Å². The molecule has 0 aliphatic rings. The lowest BCUT2D eigenvalue weighted by Crippen LogP contribution is -2.30. The molecular formula is C16H16N2O2S. The van der Waals surface area contributed by atoms with Gasteiger partial charge in [0.05, 0.1) is 16.5 Å². The summed E-state index contributed by atoms with van der Waals surface area (Å²) in [5, 5.41) is 8.90. The number of nitrogens with zero attached hydrogens (tertiary/aromatic N) is 2. The Hall–Kier alpha value is -2.16. The Morgan fingerprint density at radius 1 is 1.10 bits per heavy atom. The van der Waals surface area contributed by atoms with Crippen molar-refractivity contribution in [2.75, 3.05) is 6.54 Å². The molecule has 2 rings (SSSR count). The molecule has 0 spiro atoms. The van der Waals surface area contributed by atoms with Crippen LogP contribution in [0.15, 0.2) is 59.5 Å². The fourth-order valence-electron chi connectivity index (χ4n) is 2.03. The zero-order valence-corrected chi connectivity index (χ0v) is 12.5. The topological polar surface area (TPSA) is 61.2 Å². The molecular weight excluding hydrogens is 284 g/mol. The summed E-state index contributed by atoms with van der Waals surface area (Å²) in [6.45, 7) is 2.49.